The molecule has 3 nitrogen and oxygen atoms in total. The quantitative estimate of drug-likeness (QED) is 0.834. The van der Waals surface area contributed by atoms with Crippen molar-refractivity contribution < 1.29 is 14.2 Å². The van der Waals surface area contributed by atoms with Crippen LogP contribution in [0.2, 0.25) is 0 Å². The zero-order valence-electron chi connectivity index (χ0n) is 10.2. The molecule has 0 amide bonds. The number of halogens is 1. The van der Waals surface area contributed by atoms with Crippen LogP contribution in [-0.2, 0) is 5.54 Å². The maximum atomic E-state index is 13.9. The van der Waals surface area contributed by atoms with Crippen molar-refractivity contribution in [3.8, 4) is 11.5 Å². The fourth-order valence-electron chi connectivity index (χ4n) is 2.59. The predicted molar refractivity (Wildman–Crippen MR) is 63.7 cm³/mol. The summed E-state index contributed by atoms with van der Waals surface area (Å²) in [6.45, 7) is 1.67. The Bertz CT molecular complexity index is 440. The lowest BCUT2D eigenvalue weighted by molar-refractivity contribution is 0.340. The molecule has 0 atom stereocenters. The van der Waals surface area contributed by atoms with Crippen LogP contribution < -0.4 is 10.5 Å². The van der Waals surface area contributed by atoms with E-state index in [2.05, 4.69) is 0 Å². The van der Waals surface area contributed by atoms with Crippen LogP contribution in [0.1, 0.15) is 36.8 Å². The van der Waals surface area contributed by atoms with Crippen LogP contribution in [0.15, 0.2) is 6.07 Å². The number of ether oxygens (including phenoxy) is 1. The van der Waals surface area contributed by atoms with Crippen LogP contribution in [0.4, 0.5) is 4.39 Å². The van der Waals surface area contributed by atoms with Gasteiger partial charge in [-0.25, -0.2) is 0 Å². The van der Waals surface area contributed by atoms with Gasteiger partial charge in [-0.15, -0.1) is 0 Å². The molecule has 0 bridgehead atoms. The Labute approximate surface area is 100 Å². The van der Waals surface area contributed by atoms with Crippen LogP contribution in [0.3, 0.4) is 0 Å². The predicted octanol–water partition coefficient (Wildman–Crippen LogP) is 2.58. The van der Waals surface area contributed by atoms with Crippen LogP contribution >= 0.6 is 0 Å². The van der Waals surface area contributed by atoms with E-state index >= 15 is 0 Å². The number of rotatable bonds is 2. The van der Waals surface area contributed by atoms with Gasteiger partial charge in [-0.05, 0) is 31.4 Å². The van der Waals surface area contributed by atoms with Gasteiger partial charge >= 0.3 is 0 Å². The van der Waals surface area contributed by atoms with Crippen molar-refractivity contribution in [2.45, 2.75) is 38.1 Å². The highest BCUT2D eigenvalue weighted by atomic mass is 19.1. The van der Waals surface area contributed by atoms with Gasteiger partial charge in [0.1, 0.15) is 0 Å². The molecule has 0 aromatic heterocycles. The van der Waals surface area contributed by atoms with Crippen molar-refractivity contribution in [1.29, 1.82) is 0 Å². The SMILES string of the molecule is COc1c(C2(N)CCCC2)cc(C)c(O)c1F. The standard InChI is InChI=1S/C13H18FNO2/c1-8-7-9(13(15)5-3-4-6-13)12(17-2)10(14)11(8)16/h7,16H,3-6,15H2,1-2H3. The summed E-state index contributed by atoms with van der Waals surface area (Å²) in [7, 11) is 1.40. The molecule has 0 unspecified atom stereocenters. The lowest BCUT2D eigenvalue weighted by Gasteiger charge is -2.27. The van der Waals surface area contributed by atoms with E-state index < -0.39 is 11.4 Å². The minimum Gasteiger partial charge on any atom is -0.505 e. The number of hydrogen-bond donors (Lipinski definition) is 2. The maximum absolute atomic E-state index is 13.9. The number of nitrogens with two attached hydrogens (primary N) is 1. The summed E-state index contributed by atoms with van der Waals surface area (Å²) in [6, 6.07) is 1.74. The Hall–Kier alpha value is -1.29. The molecule has 0 radical (unpaired) electrons. The van der Waals surface area contributed by atoms with Crippen LogP contribution in [0.5, 0.6) is 11.5 Å². The molecule has 1 aliphatic carbocycles. The molecule has 4 heteroatoms. The smallest absolute Gasteiger partial charge is 0.207 e. The highest BCUT2D eigenvalue weighted by Crippen LogP contribution is 2.44. The average Bonchev–Trinajstić information content (AvgIpc) is 2.74. The largest absolute Gasteiger partial charge is 0.505 e. The van der Waals surface area contributed by atoms with Gasteiger partial charge < -0.3 is 15.6 Å². The van der Waals surface area contributed by atoms with Crippen molar-refractivity contribution in [3.05, 3.63) is 23.0 Å². The average molecular weight is 239 g/mol. The zero-order valence-corrected chi connectivity index (χ0v) is 10.2. The van der Waals surface area contributed by atoms with Crippen LogP contribution in [-0.4, -0.2) is 12.2 Å². The normalized spacial score (nSPS) is 18.4. The molecule has 1 saturated carbocycles. The van der Waals surface area contributed by atoms with Gasteiger partial charge in [-0.3, -0.25) is 0 Å². The van der Waals surface area contributed by atoms with Crippen molar-refractivity contribution in [3.63, 3.8) is 0 Å². The van der Waals surface area contributed by atoms with E-state index in [9.17, 15) is 9.50 Å². The van der Waals surface area contributed by atoms with Gasteiger partial charge in [0.2, 0.25) is 5.82 Å². The number of phenols is 1. The van der Waals surface area contributed by atoms with E-state index in [1.165, 1.54) is 7.11 Å². The summed E-state index contributed by atoms with van der Waals surface area (Å²) in [5, 5.41) is 9.57. The van der Waals surface area contributed by atoms with Gasteiger partial charge in [0.25, 0.3) is 0 Å². The minimum atomic E-state index is -0.709. The number of benzene rings is 1. The van der Waals surface area contributed by atoms with Crippen molar-refractivity contribution in [1.82, 2.24) is 0 Å². The Kier molecular flexibility index (Phi) is 3.00. The highest BCUT2D eigenvalue weighted by Gasteiger charge is 2.36. The fourth-order valence-corrected chi connectivity index (χ4v) is 2.59. The maximum Gasteiger partial charge on any atom is 0.207 e. The summed E-state index contributed by atoms with van der Waals surface area (Å²) < 4.78 is 19.0. The topological polar surface area (TPSA) is 55.5 Å². The molecule has 1 aromatic carbocycles. The van der Waals surface area contributed by atoms with Crippen LogP contribution in [0, 0.1) is 12.7 Å². The number of aromatic hydroxyl groups is 1. The van der Waals surface area contributed by atoms with Crippen molar-refractivity contribution in [2.24, 2.45) is 5.73 Å². The number of methoxy groups -OCH3 is 1. The lowest BCUT2D eigenvalue weighted by Crippen LogP contribution is -2.33. The molecule has 0 saturated heterocycles. The van der Waals surface area contributed by atoms with Crippen molar-refractivity contribution in [2.75, 3.05) is 7.11 Å². The van der Waals surface area contributed by atoms with E-state index in [0.29, 0.717) is 11.1 Å². The highest BCUT2D eigenvalue weighted by molar-refractivity contribution is 5.50. The molecule has 1 aliphatic rings. The van der Waals surface area contributed by atoms with E-state index in [4.69, 9.17) is 10.5 Å². The fraction of sp³-hybridized carbons (Fsp3) is 0.538. The first-order chi connectivity index (χ1) is 7.99. The van der Waals surface area contributed by atoms with Gasteiger partial charge in [0.15, 0.2) is 11.5 Å². The van der Waals surface area contributed by atoms with E-state index in [0.717, 1.165) is 25.7 Å². The molecule has 1 aromatic rings. The number of phenolic OH excluding ortho intramolecular Hbond substituents is 1. The molecule has 0 heterocycles. The summed E-state index contributed by atoms with van der Waals surface area (Å²) in [4.78, 5) is 0. The van der Waals surface area contributed by atoms with Crippen LogP contribution in [0.25, 0.3) is 0 Å². The third kappa shape index (κ3) is 1.86. The number of aryl methyl sites for hydroxylation is 1. The van der Waals surface area contributed by atoms with Crippen molar-refractivity contribution >= 4 is 0 Å². The first-order valence-corrected chi connectivity index (χ1v) is 5.85. The Morgan fingerprint density at radius 3 is 2.53 bits per heavy atom. The Morgan fingerprint density at radius 2 is 2.00 bits per heavy atom. The summed E-state index contributed by atoms with van der Waals surface area (Å²) in [5.74, 6) is -0.982. The van der Waals surface area contributed by atoms with Gasteiger partial charge in [-0.2, -0.15) is 4.39 Å². The Morgan fingerprint density at radius 1 is 1.41 bits per heavy atom. The molecular weight excluding hydrogens is 221 g/mol. The molecular formula is C13H18FNO2. The monoisotopic (exact) mass is 239 g/mol. The summed E-state index contributed by atoms with van der Waals surface area (Å²) >= 11 is 0. The molecule has 0 spiro atoms. The molecule has 94 valence electrons. The van der Waals surface area contributed by atoms with E-state index in [-0.39, 0.29) is 11.5 Å². The summed E-state index contributed by atoms with van der Waals surface area (Å²) in [6.07, 6.45) is 3.74. The Balaban J connectivity index is 2.60. The molecule has 2 rings (SSSR count). The van der Waals surface area contributed by atoms with Gasteiger partial charge in [-0.1, -0.05) is 12.8 Å². The first-order valence-electron chi connectivity index (χ1n) is 5.85. The molecule has 17 heavy (non-hydrogen) atoms. The third-order valence-corrected chi connectivity index (χ3v) is 3.62. The number of hydrogen-bond acceptors (Lipinski definition) is 3. The molecule has 3 N–H and O–H groups in total. The van der Waals surface area contributed by atoms with E-state index in [1.807, 2.05) is 0 Å². The van der Waals surface area contributed by atoms with Gasteiger partial charge in [0, 0.05) is 11.1 Å². The third-order valence-electron chi connectivity index (χ3n) is 3.62. The second-order valence-electron chi connectivity index (χ2n) is 4.80. The first kappa shape index (κ1) is 12.2. The molecule has 1 fully saturated rings. The zero-order chi connectivity index (χ0) is 12.6. The second kappa shape index (κ2) is 4.18. The second-order valence-corrected chi connectivity index (χ2v) is 4.80. The minimum absolute atomic E-state index is 0.0810. The molecule has 0 aliphatic heterocycles. The van der Waals surface area contributed by atoms with E-state index in [1.54, 1.807) is 13.0 Å². The summed E-state index contributed by atoms with van der Waals surface area (Å²) in [5.41, 5.74) is 6.96. The van der Waals surface area contributed by atoms with Gasteiger partial charge in [0.05, 0.1) is 7.11 Å². The lowest BCUT2D eigenvalue weighted by atomic mass is 9.87.